The number of benzene rings is 2. The van der Waals surface area contributed by atoms with E-state index in [1.165, 1.54) is 40.8 Å². The molecule has 0 radical (unpaired) electrons. The summed E-state index contributed by atoms with van der Waals surface area (Å²) < 4.78 is 13.3. The maximum absolute atomic E-state index is 13.3. The predicted octanol–water partition coefficient (Wildman–Crippen LogP) is 5.17. The van der Waals surface area contributed by atoms with Crippen LogP contribution < -0.4 is 10.5 Å². The van der Waals surface area contributed by atoms with Crippen LogP contribution in [0.5, 0.6) is 0 Å². The summed E-state index contributed by atoms with van der Waals surface area (Å²) in [5.74, 6) is -0.150. The van der Waals surface area contributed by atoms with Crippen molar-refractivity contribution < 1.29 is 9.18 Å². The highest BCUT2D eigenvalue weighted by molar-refractivity contribution is 7.99. The van der Waals surface area contributed by atoms with Crippen LogP contribution in [0.15, 0.2) is 58.5 Å². The van der Waals surface area contributed by atoms with E-state index in [1.54, 1.807) is 12.1 Å². The Labute approximate surface area is 192 Å². The molecule has 1 aliphatic rings. The Morgan fingerprint density at radius 2 is 2.00 bits per heavy atom. The number of amides is 1. The third-order valence-electron chi connectivity index (χ3n) is 5.66. The van der Waals surface area contributed by atoms with Crippen molar-refractivity contribution in [2.24, 2.45) is 0 Å². The van der Waals surface area contributed by atoms with Crippen LogP contribution in [0.25, 0.3) is 21.3 Å². The highest BCUT2D eigenvalue weighted by Gasteiger charge is 2.30. The summed E-state index contributed by atoms with van der Waals surface area (Å²) in [7, 11) is 0. The summed E-state index contributed by atoms with van der Waals surface area (Å²) in [4.78, 5) is 36.7. The molecule has 2 aromatic heterocycles. The maximum Gasteiger partial charge on any atom is 0.260 e. The minimum atomic E-state index is -0.323. The van der Waals surface area contributed by atoms with Gasteiger partial charge < -0.3 is 9.88 Å². The van der Waals surface area contributed by atoms with Crippen molar-refractivity contribution in [1.29, 1.82) is 0 Å². The Balaban J connectivity index is 1.41. The number of carbonyl (C=O) groups excluding carboxylic acids is 1. The van der Waals surface area contributed by atoms with Gasteiger partial charge in [-0.05, 0) is 49.6 Å². The molecule has 0 saturated heterocycles. The van der Waals surface area contributed by atoms with E-state index < -0.39 is 0 Å². The molecule has 1 N–H and O–H groups in total. The fourth-order valence-corrected chi connectivity index (χ4v) is 6.10. The van der Waals surface area contributed by atoms with Crippen LogP contribution >= 0.6 is 23.1 Å². The van der Waals surface area contributed by atoms with Gasteiger partial charge >= 0.3 is 0 Å². The van der Waals surface area contributed by atoms with Crippen molar-refractivity contribution >= 4 is 44.9 Å². The largest absolute Gasteiger partial charge is 0.308 e. The van der Waals surface area contributed by atoms with E-state index in [0.29, 0.717) is 15.4 Å². The van der Waals surface area contributed by atoms with Gasteiger partial charge in [-0.25, -0.2) is 9.37 Å². The van der Waals surface area contributed by atoms with E-state index in [1.807, 2.05) is 36.9 Å². The standard InChI is InChI=1S/C24H20FN3O2S2/c1-13-11-16-5-3-4-6-18(16)28(13)19(29)12-31-24-26-22(30)21-20(14(2)32-23(21)27-24)15-7-9-17(25)10-8-15/h3-10,13H,11-12H2,1-2H3,(H,26,27,30)/t13-/m0/s1. The third-order valence-corrected chi connectivity index (χ3v) is 7.51. The van der Waals surface area contributed by atoms with E-state index in [2.05, 4.69) is 16.0 Å². The average molecular weight is 466 g/mol. The highest BCUT2D eigenvalue weighted by atomic mass is 32.2. The summed E-state index contributed by atoms with van der Waals surface area (Å²) in [6, 6.07) is 14.2. The predicted molar refractivity (Wildman–Crippen MR) is 128 cm³/mol. The molecule has 1 atom stereocenters. The van der Waals surface area contributed by atoms with Crippen molar-refractivity contribution in [3.8, 4) is 11.1 Å². The molecule has 0 spiro atoms. The SMILES string of the molecule is Cc1sc2nc(SCC(=O)N3c4ccccc4C[C@@H]3C)[nH]c(=O)c2c1-c1ccc(F)cc1. The first-order chi connectivity index (χ1) is 15.4. The summed E-state index contributed by atoms with van der Waals surface area (Å²) in [6.07, 6.45) is 0.842. The highest BCUT2D eigenvalue weighted by Crippen LogP contribution is 2.36. The van der Waals surface area contributed by atoms with Crippen LogP contribution in [0, 0.1) is 12.7 Å². The summed E-state index contributed by atoms with van der Waals surface area (Å²) in [6.45, 7) is 3.97. The van der Waals surface area contributed by atoms with Gasteiger partial charge in [-0.15, -0.1) is 11.3 Å². The summed E-state index contributed by atoms with van der Waals surface area (Å²) >= 11 is 2.66. The lowest BCUT2D eigenvalue weighted by Gasteiger charge is -2.22. The van der Waals surface area contributed by atoms with Crippen LogP contribution in [-0.2, 0) is 11.2 Å². The number of para-hydroxylation sites is 1. The zero-order valence-electron chi connectivity index (χ0n) is 17.5. The van der Waals surface area contributed by atoms with E-state index in [4.69, 9.17) is 0 Å². The Kier molecular flexibility index (Phi) is 5.35. The van der Waals surface area contributed by atoms with Crippen molar-refractivity contribution in [2.75, 3.05) is 10.7 Å². The third kappa shape index (κ3) is 3.63. The van der Waals surface area contributed by atoms with Gasteiger partial charge in [0.1, 0.15) is 10.6 Å². The van der Waals surface area contributed by atoms with E-state index in [-0.39, 0.29) is 29.1 Å². The van der Waals surface area contributed by atoms with Crippen molar-refractivity contribution in [1.82, 2.24) is 9.97 Å². The topological polar surface area (TPSA) is 66.1 Å². The number of thioether (sulfide) groups is 1. The molecule has 32 heavy (non-hydrogen) atoms. The van der Waals surface area contributed by atoms with Crippen molar-refractivity contribution in [3.63, 3.8) is 0 Å². The van der Waals surface area contributed by atoms with Crippen LogP contribution in [0.3, 0.4) is 0 Å². The van der Waals surface area contributed by atoms with Crippen molar-refractivity contribution in [2.45, 2.75) is 31.5 Å². The molecule has 0 aliphatic carbocycles. The molecule has 162 valence electrons. The molecule has 4 aromatic rings. The van der Waals surface area contributed by atoms with Gasteiger partial charge in [0, 0.05) is 22.2 Å². The number of nitrogens with zero attached hydrogens (tertiary/aromatic N) is 2. The van der Waals surface area contributed by atoms with Crippen LogP contribution in [0.4, 0.5) is 10.1 Å². The first-order valence-electron chi connectivity index (χ1n) is 10.2. The number of rotatable bonds is 4. The molecular weight excluding hydrogens is 445 g/mol. The number of anilines is 1. The molecular formula is C24H20FN3O2S2. The Hall–Kier alpha value is -2.97. The van der Waals surface area contributed by atoms with Crippen LogP contribution in [-0.4, -0.2) is 27.7 Å². The molecule has 5 rings (SSSR count). The minimum absolute atomic E-state index is 0.00967. The number of aromatic nitrogens is 2. The number of H-pyrrole nitrogens is 1. The lowest BCUT2D eigenvalue weighted by atomic mass is 10.0. The second-order valence-corrected chi connectivity index (χ2v) is 9.99. The van der Waals surface area contributed by atoms with Gasteiger partial charge in [0.05, 0.1) is 11.1 Å². The Bertz CT molecular complexity index is 1390. The Morgan fingerprint density at radius 1 is 1.25 bits per heavy atom. The minimum Gasteiger partial charge on any atom is -0.308 e. The van der Waals surface area contributed by atoms with Crippen LogP contribution in [0.2, 0.25) is 0 Å². The number of hydrogen-bond acceptors (Lipinski definition) is 5. The zero-order chi connectivity index (χ0) is 22.4. The zero-order valence-corrected chi connectivity index (χ0v) is 19.1. The van der Waals surface area contributed by atoms with E-state index >= 15 is 0 Å². The average Bonchev–Trinajstić information content (AvgIpc) is 3.28. The Morgan fingerprint density at radius 3 is 2.78 bits per heavy atom. The molecule has 0 fully saturated rings. The number of fused-ring (bicyclic) bond motifs is 2. The molecule has 3 heterocycles. The fraction of sp³-hybridized carbons (Fsp3) is 0.208. The first kappa shape index (κ1) is 20.9. The van der Waals surface area contributed by atoms with Gasteiger partial charge in [0.15, 0.2) is 5.16 Å². The molecule has 8 heteroatoms. The van der Waals surface area contributed by atoms with Gasteiger partial charge in [-0.1, -0.05) is 42.1 Å². The number of aryl methyl sites for hydroxylation is 1. The summed E-state index contributed by atoms with van der Waals surface area (Å²) in [5, 5.41) is 0.916. The maximum atomic E-state index is 13.3. The molecule has 0 unspecified atom stereocenters. The first-order valence-corrected chi connectivity index (χ1v) is 12.0. The number of aromatic amines is 1. The second kappa shape index (κ2) is 8.18. The van der Waals surface area contributed by atoms with Gasteiger partial charge in [0.25, 0.3) is 5.56 Å². The van der Waals surface area contributed by atoms with Crippen LogP contribution in [0.1, 0.15) is 17.4 Å². The fourth-order valence-electron chi connectivity index (χ4n) is 4.28. The lowest BCUT2D eigenvalue weighted by Crippen LogP contribution is -2.37. The van der Waals surface area contributed by atoms with Gasteiger partial charge in [0.2, 0.25) is 5.91 Å². The molecule has 2 aromatic carbocycles. The smallest absolute Gasteiger partial charge is 0.260 e. The normalized spacial score (nSPS) is 15.3. The van der Waals surface area contributed by atoms with E-state index in [0.717, 1.165) is 28.1 Å². The molecule has 0 saturated carbocycles. The van der Waals surface area contributed by atoms with Gasteiger partial charge in [-0.3, -0.25) is 9.59 Å². The quantitative estimate of drug-likeness (QED) is 0.334. The molecule has 5 nitrogen and oxygen atoms in total. The lowest BCUT2D eigenvalue weighted by molar-refractivity contribution is -0.116. The molecule has 0 bridgehead atoms. The molecule has 1 amide bonds. The summed E-state index contributed by atoms with van der Waals surface area (Å²) in [5.41, 5.74) is 3.43. The molecule has 1 aliphatic heterocycles. The van der Waals surface area contributed by atoms with E-state index in [9.17, 15) is 14.0 Å². The number of halogens is 1. The van der Waals surface area contributed by atoms with Crippen molar-refractivity contribution in [3.05, 3.63) is 75.1 Å². The number of thiophene rings is 1. The number of carbonyl (C=O) groups is 1. The van der Waals surface area contributed by atoms with Gasteiger partial charge in [-0.2, -0.15) is 0 Å². The number of hydrogen-bond donors (Lipinski definition) is 1. The number of nitrogens with one attached hydrogen (secondary N) is 1. The monoisotopic (exact) mass is 465 g/mol. The second-order valence-electron chi connectivity index (χ2n) is 7.83.